The van der Waals surface area contributed by atoms with Gasteiger partial charge in [-0.05, 0) is 55.5 Å². The Morgan fingerprint density at radius 2 is 1.47 bits per heavy atom. The first kappa shape index (κ1) is 21.5. The average Bonchev–Trinajstić information content (AvgIpc) is 3.19. The van der Waals surface area contributed by atoms with E-state index in [1.807, 2.05) is 36.4 Å². The molecule has 0 unspecified atom stereocenters. The summed E-state index contributed by atoms with van der Waals surface area (Å²) in [5.41, 5.74) is 2.65. The lowest BCUT2D eigenvalue weighted by molar-refractivity contribution is -0.143. The second-order valence-electron chi connectivity index (χ2n) is 7.57. The van der Waals surface area contributed by atoms with Crippen molar-refractivity contribution in [3.63, 3.8) is 0 Å². The maximum atomic E-state index is 12.6. The lowest BCUT2D eigenvalue weighted by Gasteiger charge is -2.37. The molecule has 32 heavy (non-hydrogen) atoms. The van der Waals surface area contributed by atoms with E-state index in [0.717, 1.165) is 43.2 Å². The summed E-state index contributed by atoms with van der Waals surface area (Å²) >= 11 is 0. The fraction of sp³-hybridized carbons (Fsp3) is 0.348. The normalized spacial score (nSPS) is 13.9. The Balaban J connectivity index is 1.37. The Bertz CT molecular complexity index is 1100. The Labute approximate surface area is 186 Å². The number of aromatic hydroxyl groups is 1. The fourth-order valence-electron chi connectivity index (χ4n) is 3.81. The molecular weight excluding hydrogens is 410 g/mol. The maximum absolute atomic E-state index is 12.6. The quantitative estimate of drug-likeness (QED) is 0.565. The number of benzene rings is 2. The number of nitrogens with zero attached hydrogens (tertiary/aromatic N) is 5. The molecule has 2 heterocycles. The second kappa shape index (κ2) is 9.59. The van der Waals surface area contributed by atoms with Crippen LogP contribution in [0.1, 0.15) is 13.3 Å². The summed E-state index contributed by atoms with van der Waals surface area (Å²) < 4.78 is 7.64. The Morgan fingerprint density at radius 1 is 0.938 bits per heavy atom. The zero-order valence-corrected chi connectivity index (χ0v) is 18.1. The number of phenolic OH excluding ortho intramolecular Hbond substituents is 1. The summed E-state index contributed by atoms with van der Waals surface area (Å²) in [6.07, 6.45) is 1.58. The van der Waals surface area contributed by atoms with E-state index in [-0.39, 0.29) is 30.4 Å². The van der Waals surface area contributed by atoms with Crippen molar-refractivity contribution in [2.75, 3.05) is 42.6 Å². The first-order chi connectivity index (χ1) is 15.5. The van der Waals surface area contributed by atoms with E-state index in [4.69, 9.17) is 4.74 Å². The lowest BCUT2D eigenvalue weighted by atomic mass is 10.2. The molecule has 9 nitrogen and oxygen atoms in total. The standard InChI is InChI=1S/C23H27N5O4/c1-2-32-22(30)11-12-28-23(31)27(17-24-28)20-5-3-18(4-6-20)25-13-15-26(16-14-25)19-7-9-21(29)10-8-19/h3-10,17,29H,2,11-16H2,1H3. The van der Waals surface area contributed by atoms with Crippen LogP contribution in [-0.2, 0) is 16.1 Å². The van der Waals surface area contributed by atoms with Crippen LogP contribution in [0.25, 0.3) is 5.69 Å². The second-order valence-corrected chi connectivity index (χ2v) is 7.57. The molecule has 3 aromatic rings. The topological polar surface area (TPSA) is 92.8 Å². The van der Waals surface area contributed by atoms with Gasteiger partial charge in [0.15, 0.2) is 0 Å². The van der Waals surface area contributed by atoms with Crippen LogP contribution in [0.5, 0.6) is 5.75 Å². The van der Waals surface area contributed by atoms with Crippen LogP contribution in [0.2, 0.25) is 0 Å². The maximum Gasteiger partial charge on any atom is 0.350 e. The number of carbonyl (C=O) groups is 1. The Hall–Kier alpha value is -3.75. The van der Waals surface area contributed by atoms with E-state index < -0.39 is 0 Å². The van der Waals surface area contributed by atoms with Gasteiger partial charge in [-0.3, -0.25) is 4.79 Å². The highest BCUT2D eigenvalue weighted by molar-refractivity contribution is 5.69. The largest absolute Gasteiger partial charge is 0.508 e. The van der Waals surface area contributed by atoms with E-state index in [1.54, 1.807) is 19.1 Å². The summed E-state index contributed by atoms with van der Waals surface area (Å²) in [4.78, 5) is 28.7. The minimum absolute atomic E-state index is 0.111. The van der Waals surface area contributed by atoms with Gasteiger partial charge in [-0.1, -0.05) is 0 Å². The number of anilines is 2. The third kappa shape index (κ3) is 4.77. The van der Waals surface area contributed by atoms with E-state index in [1.165, 1.54) is 15.6 Å². The van der Waals surface area contributed by atoms with E-state index in [2.05, 4.69) is 14.9 Å². The molecule has 1 aromatic heterocycles. The summed E-state index contributed by atoms with van der Waals surface area (Å²) in [5, 5.41) is 13.6. The predicted molar refractivity (Wildman–Crippen MR) is 122 cm³/mol. The number of hydrogen-bond acceptors (Lipinski definition) is 7. The van der Waals surface area contributed by atoms with Gasteiger partial charge in [-0.15, -0.1) is 0 Å². The van der Waals surface area contributed by atoms with Gasteiger partial charge in [0.1, 0.15) is 12.1 Å². The van der Waals surface area contributed by atoms with Crippen molar-refractivity contribution in [2.45, 2.75) is 19.9 Å². The highest BCUT2D eigenvalue weighted by atomic mass is 16.5. The zero-order chi connectivity index (χ0) is 22.5. The van der Waals surface area contributed by atoms with E-state index in [9.17, 15) is 14.7 Å². The van der Waals surface area contributed by atoms with Gasteiger partial charge in [0.2, 0.25) is 0 Å². The van der Waals surface area contributed by atoms with Crippen LogP contribution in [0.4, 0.5) is 11.4 Å². The summed E-state index contributed by atoms with van der Waals surface area (Å²) in [6, 6.07) is 15.1. The molecule has 1 aliphatic heterocycles. The number of esters is 1. The number of piperazine rings is 1. The highest BCUT2D eigenvalue weighted by Crippen LogP contribution is 2.23. The monoisotopic (exact) mass is 437 g/mol. The number of aromatic nitrogens is 3. The van der Waals surface area contributed by atoms with Crippen molar-refractivity contribution in [1.29, 1.82) is 0 Å². The van der Waals surface area contributed by atoms with Gasteiger partial charge in [0, 0.05) is 37.6 Å². The number of ether oxygens (including phenoxy) is 1. The van der Waals surface area contributed by atoms with Crippen LogP contribution in [0, 0.1) is 0 Å². The van der Waals surface area contributed by atoms with Crippen LogP contribution in [0.15, 0.2) is 59.7 Å². The van der Waals surface area contributed by atoms with Crippen LogP contribution in [0.3, 0.4) is 0 Å². The van der Waals surface area contributed by atoms with Crippen molar-refractivity contribution in [1.82, 2.24) is 14.3 Å². The molecule has 0 radical (unpaired) electrons. The number of hydrogen-bond donors (Lipinski definition) is 1. The van der Waals surface area contributed by atoms with Crippen molar-refractivity contribution in [3.8, 4) is 11.4 Å². The van der Waals surface area contributed by atoms with Crippen LogP contribution >= 0.6 is 0 Å². The number of rotatable bonds is 7. The molecule has 168 valence electrons. The smallest absolute Gasteiger partial charge is 0.350 e. The van der Waals surface area contributed by atoms with Gasteiger partial charge in [0.25, 0.3) is 0 Å². The molecular formula is C23H27N5O4. The fourth-order valence-corrected chi connectivity index (χ4v) is 3.81. The zero-order valence-electron chi connectivity index (χ0n) is 18.1. The molecule has 1 saturated heterocycles. The molecule has 0 amide bonds. The SMILES string of the molecule is CCOC(=O)CCn1ncn(-c2ccc(N3CCN(c4ccc(O)cc4)CC3)cc2)c1=O. The molecule has 0 atom stereocenters. The van der Waals surface area contributed by atoms with Gasteiger partial charge in [0.05, 0.1) is 25.3 Å². The molecule has 4 rings (SSSR count). The molecule has 1 N–H and O–H groups in total. The van der Waals surface area contributed by atoms with Gasteiger partial charge in [-0.25, -0.2) is 14.0 Å². The molecule has 0 aliphatic carbocycles. The number of carbonyl (C=O) groups excluding carboxylic acids is 1. The first-order valence-corrected chi connectivity index (χ1v) is 10.7. The van der Waals surface area contributed by atoms with Crippen molar-refractivity contribution in [2.24, 2.45) is 0 Å². The molecule has 0 spiro atoms. The van der Waals surface area contributed by atoms with Crippen LogP contribution in [-0.4, -0.2) is 58.2 Å². The van der Waals surface area contributed by atoms with Crippen LogP contribution < -0.4 is 15.5 Å². The number of phenols is 1. The van der Waals surface area contributed by atoms with Crippen molar-refractivity contribution < 1.29 is 14.6 Å². The Morgan fingerprint density at radius 3 is 2.03 bits per heavy atom. The third-order valence-electron chi connectivity index (χ3n) is 5.55. The molecule has 1 aliphatic rings. The lowest BCUT2D eigenvalue weighted by Crippen LogP contribution is -2.46. The number of aryl methyl sites for hydroxylation is 1. The molecule has 0 saturated carbocycles. The van der Waals surface area contributed by atoms with Crippen molar-refractivity contribution in [3.05, 3.63) is 65.3 Å². The van der Waals surface area contributed by atoms with E-state index >= 15 is 0 Å². The molecule has 2 aromatic carbocycles. The summed E-state index contributed by atoms with van der Waals surface area (Å²) in [7, 11) is 0. The minimum Gasteiger partial charge on any atom is -0.508 e. The summed E-state index contributed by atoms with van der Waals surface area (Å²) in [6.45, 7) is 5.79. The van der Waals surface area contributed by atoms with Gasteiger partial charge < -0.3 is 19.6 Å². The predicted octanol–water partition coefficient (Wildman–Crippen LogP) is 2.02. The van der Waals surface area contributed by atoms with Gasteiger partial charge in [-0.2, -0.15) is 5.10 Å². The van der Waals surface area contributed by atoms with E-state index in [0.29, 0.717) is 6.61 Å². The third-order valence-corrected chi connectivity index (χ3v) is 5.55. The van der Waals surface area contributed by atoms with Gasteiger partial charge >= 0.3 is 11.7 Å². The average molecular weight is 438 g/mol. The highest BCUT2D eigenvalue weighted by Gasteiger charge is 2.18. The summed E-state index contributed by atoms with van der Waals surface area (Å²) in [5.74, 6) is -0.0695. The molecule has 1 fully saturated rings. The molecule has 0 bridgehead atoms. The molecule has 9 heteroatoms. The minimum atomic E-state index is -0.344. The van der Waals surface area contributed by atoms with Crippen molar-refractivity contribution >= 4 is 17.3 Å². The first-order valence-electron chi connectivity index (χ1n) is 10.7. The Kier molecular flexibility index (Phi) is 6.44.